The Morgan fingerprint density at radius 3 is 2.14 bits per heavy atom. The average molecular weight is 314 g/mol. The van der Waals surface area contributed by atoms with Crippen molar-refractivity contribution in [2.75, 3.05) is 46.2 Å². The Labute approximate surface area is 133 Å². The number of hydrogen-bond donors (Lipinski definition) is 1. The minimum absolute atomic E-state index is 0.141. The van der Waals surface area contributed by atoms with Gasteiger partial charge in [-0.2, -0.15) is 0 Å². The molecule has 0 fully saturated rings. The normalized spacial score (nSPS) is 12.0. The molecule has 7 nitrogen and oxygen atoms in total. The number of aryl methyl sites for hydroxylation is 1. The molecule has 0 unspecified atom stereocenters. The minimum atomic E-state index is 0.141. The molecule has 0 aliphatic rings. The summed E-state index contributed by atoms with van der Waals surface area (Å²) in [6.45, 7) is 13.6. The summed E-state index contributed by atoms with van der Waals surface area (Å²) in [6, 6.07) is 0. The summed E-state index contributed by atoms with van der Waals surface area (Å²) in [4.78, 5) is 0. The Morgan fingerprint density at radius 1 is 1.00 bits per heavy atom. The predicted octanol–water partition coefficient (Wildman–Crippen LogP) is 1.02. The molecule has 0 radical (unpaired) electrons. The van der Waals surface area contributed by atoms with Gasteiger partial charge < -0.3 is 19.5 Å². The molecular formula is C15H30N4O3. The maximum absolute atomic E-state index is 5.47. The standard InChI is InChI=1S/C15H30N4O3/c1-14-13-19(18-17-14)6-8-21-10-12-22-11-9-20-7-5-16-15(2,3)4/h13,16H,5-12H2,1-4H3. The Morgan fingerprint density at radius 2 is 1.59 bits per heavy atom. The van der Waals surface area contributed by atoms with Crippen molar-refractivity contribution in [3.05, 3.63) is 11.9 Å². The van der Waals surface area contributed by atoms with Gasteiger partial charge in [0.05, 0.1) is 51.9 Å². The van der Waals surface area contributed by atoms with Crippen molar-refractivity contribution in [2.45, 2.75) is 39.8 Å². The van der Waals surface area contributed by atoms with Crippen LogP contribution in [0.1, 0.15) is 26.5 Å². The van der Waals surface area contributed by atoms with Crippen LogP contribution in [0.15, 0.2) is 6.20 Å². The molecule has 0 amide bonds. The summed E-state index contributed by atoms with van der Waals surface area (Å²) in [5.74, 6) is 0. The third-order valence-corrected chi connectivity index (χ3v) is 2.76. The molecule has 0 atom stereocenters. The molecule has 1 heterocycles. The van der Waals surface area contributed by atoms with Crippen LogP contribution in [0, 0.1) is 6.92 Å². The Balaban J connectivity index is 1.78. The number of hydrogen-bond acceptors (Lipinski definition) is 6. The van der Waals surface area contributed by atoms with Gasteiger partial charge in [-0.3, -0.25) is 0 Å². The average Bonchev–Trinajstić information content (AvgIpc) is 2.84. The van der Waals surface area contributed by atoms with E-state index in [1.165, 1.54) is 0 Å². The lowest BCUT2D eigenvalue weighted by Crippen LogP contribution is -2.38. The van der Waals surface area contributed by atoms with E-state index in [4.69, 9.17) is 14.2 Å². The van der Waals surface area contributed by atoms with Crippen LogP contribution in [0.3, 0.4) is 0 Å². The van der Waals surface area contributed by atoms with Crippen molar-refractivity contribution in [2.24, 2.45) is 0 Å². The highest BCUT2D eigenvalue weighted by Crippen LogP contribution is 1.96. The zero-order valence-electron chi connectivity index (χ0n) is 14.3. The second-order valence-electron chi connectivity index (χ2n) is 6.14. The van der Waals surface area contributed by atoms with Gasteiger partial charge in [0.25, 0.3) is 0 Å². The van der Waals surface area contributed by atoms with Gasteiger partial charge in [-0.05, 0) is 27.7 Å². The fourth-order valence-corrected chi connectivity index (χ4v) is 1.70. The SMILES string of the molecule is Cc1cn(CCOCCOCCOCCNC(C)(C)C)nn1. The van der Waals surface area contributed by atoms with Crippen LogP contribution in [0.25, 0.3) is 0 Å². The highest BCUT2D eigenvalue weighted by molar-refractivity contribution is 4.86. The van der Waals surface area contributed by atoms with Gasteiger partial charge in [-0.1, -0.05) is 5.21 Å². The maximum atomic E-state index is 5.47. The number of nitrogens with zero attached hydrogens (tertiary/aromatic N) is 3. The fourth-order valence-electron chi connectivity index (χ4n) is 1.70. The van der Waals surface area contributed by atoms with Crippen LogP contribution >= 0.6 is 0 Å². The third-order valence-electron chi connectivity index (χ3n) is 2.76. The quantitative estimate of drug-likeness (QED) is 0.581. The summed E-state index contributed by atoms with van der Waals surface area (Å²) < 4.78 is 18.1. The lowest BCUT2D eigenvalue weighted by Gasteiger charge is -2.20. The molecule has 0 aliphatic heterocycles. The third kappa shape index (κ3) is 10.7. The van der Waals surface area contributed by atoms with E-state index in [2.05, 4.69) is 36.4 Å². The first-order valence-electron chi connectivity index (χ1n) is 7.82. The van der Waals surface area contributed by atoms with E-state index >= 15 is 0 Å². The zero-order valence-corrected chi connectivity index (χ0v) is 14.3. The van der Waals surface area contributed by atoms with Crippen LogP contribution in [-0.4, -0.2) is 66.7 Å². The summed E-state index contributed by atoms with van der Waals surface area (Å²) in [7, 11) is 0. The summed E-state index contributed by atoms with van der Waals surface area (Å²) >= 11 is 0. The maximum Gasteiger partial charge on any atom is 0.0796 e. The number of rotatable bonds is 12. The lowest BCUT2D eigenvalue weighted by molar-refractivity contribution is 0.0127. The molecule has 0 spiro atoms. The van der Waals surface area contributed by atoms with Crippen molar-refractivity contribution in [1.82, 2.24) is 20.3 Å². The van der Waals surface area contributed by atoms with Gasteiger partial charge in [0.2, 0.25) is 0 Å². The van der Waals surface area contributed by atoms with Crippen molar-refractivity contribution in [3.8, 4) is 0 Å². The van der Waals surface area contributed by atoms with Crippen molar-refractivity contribution >= 4 is 0 Å². The number of ether oxygens (including phenoxy) is 3. The molecule has 0 saturated carbocycles. The van der Waals surface area contributed by atoms with E-state index in [1.54, 1.807) is 4.68 Å². The van der Waals surface area contributed by atoms with Gasteiger partial charge in [0, 0.05) is 18.3 Å². The van der Waals surface area contributed by atoms with Crippen LogP contribution < -0.4 is 5.32 Å². The molecule has 0 bridgehead atoms. The van der Waals surface area contributed by atoms with E-state index in [0.29, 0.717) is 46.2 Å². The van der Waals surface area contributed by atoms with Crippen LogP contribution in [0.5, 0.6) is 0 Å². The summed E-state index contributed by atoms with van der Waals surface area (Å²) in [5.41, 5.74) is 1.06. The van der Waals surface area contributed by atoms with E-state index in [-0.39, 0.29) is 5.54 Å². The topological polar surface area (TPSA) is 70.4 Å². The minimum Gasteiger partial charge on any atom is -0.378 e. The van der Waals surface area contributed by atoms with Crippen molar-refractivity contribution < 1.29 is 14.2 Å². The highest BCUT2D eigenvalue weighted by Gasteiger charge is 2.06. The second-order valence-corrected chi connectivity index (χ2v) is 6.14. The van der Waals surface area contributed by atoms with Crippen LogP contribution in [-0.2, 0) is 20.8 Å². The van der Waals surface area contributed by atoms with Crippen molar-refractivity contribution in [1.29, 1.82) is 0 Å². The summed E-state index contributed by atoms with van der Waals surface area (Å²) in [6.07, 6.45) is 1.89. The van der Waals surface area contributed by atoms with Gasteiger partial charge >= 0.3 is 0 Å². The number of aromatic nitrogens is 3. The fraction of sp³-hybridized carbons (Fsp3) is 0.867. The van der Waals surface area contributed by atoms with E-state index in [0.717, 1.165) is 12.2 Å². The molecule has 0 aromatic carbocycles. The Kier molecular flexibility index (Phi) is 9.22. The molecular weight excluding hydrogens is 284 g/mol. The smallest absolute Gasteiger partial charge is 0.0796 e. The van der Waals surface area contributed by atoms with E-state index in [1.807, 2.05) is 13.1 Å². The first kappa shape index (κ1) is 19.0. The molecule has 0 saturated heterocycles. The van der Waals surface area contributed by atoms with Crippen LogP contribution in [0.4, 0.5) is 0 Å². The zero-order chi connectivity index (χ0) is 16.3. The molecule has 0 aliphatic carbocycles. The Hall–Kier alpha value is -1.02. The highest BCUT2D eigenvalue weighted by atomic mass is 16.5. The Bertz CT molecular complexity index is 390. The van der Waals surface area contributed by atoms with Gasteiger partial charge in [-0.25, -0.2) is 4.68 Å². The van der Waals surface area contributed by atoms with Crippen molar-refractivity contribution in [3.63, 3.8) is 0 Å². The monoisotopic (exact) mass is 314 g/mol. The first-order valence-corrected chi connectivity index (χ1v) is 7.82. The van der Waals surface area contributed by atoms with Gasteiger partial charge in [-0.15, -0.1) is 5.10 Å². The molecule has 128 valence electrons. The van der Waals surface area contributed by atoms with Crippen LogP contribution in [0.2, 0.25) is 0 Å². The molecule has 1 N–H and O–H groups in total. The number of nitrogens with one attached hydrogen (secondary N) is 1. The molecule has 1 rings (SSSR count). The van der Waals surface area contributed by atoms with Gasteiger partial charge in [0.1, 0.15) is 0 Å². The first-order chi connectivity index (χ1) is 10.5. The van der Waals surface area contributed by atoms with Gasteiger partial charge in [0.15, 0.2) is 0 Å². The molecule has 1 aromatic heterocycles. The molecule has 22 heavy (non-hydrogen) atoms. The molecule has 7 heteroatoms. The summed E-state index contributed by atoms with van der Waals surface area (Å²) in [5, 5.41) is 11.2. The largest absolute Gasteiger partial charge is 0.378 e. The van der Waals surface area contributed by atoms with E-state index in [9.17, 15) is 0 Å². The van der Waals surface area contributed by atoms with E-state index < -0.39 is 0 Å². The predicted molar refractivity (Wildman–Crippen MR) is 85.0 cm³/mol. The second kappa shape index (κ2) is 10.7. The lowest BCUT2D eigenvalue weighted by atomic mass is 10.1. The molecule has 1 aromatic rings.